The number of amides is 5. The van der Waals surface area contributed by atoms with E-state index >= 15 is 0 Å². The number of likely N-dealkylation sites (N-methyl/N-ethyl adjacent to an activating group) is 2. The van der Waals surface area contributed by atoms with Crippen molar-refractivity contribution in [2.24, 2.45) is 5.41 Å². The second-order valence-electron chi connectivity index (χ2n) is 32.7. The van der Waals surface area contributed by atoms with E-state index < -0.39 is 57.5 Å². The molecule has 5 heterocycles. The Hall–Kier alpha value is -16.4. The van der Waals surface area contributed by atoms with Crippen LogP contribution in [-0.4, -0.2) is 135 Å². The molecule has 2 aliphatic carbocycles. The van der Waals surface area contributed by atoms with E-state index in [2.05, 4.69) is 129 Å². The van der Waals surface area contributed by atoms with Gasteiger partial charge in [-0.3, -0.25) is 28.8 Å². The molecule has 2 fully saturated rings. The SMILES string of the molecule is CC(Cl)C(=O)Nc1cccc(Nc2cc(Nc3ccc(F)c(Cl)c3)ncn2)c1.CN(C)C/C=C/C(=O)N(C)c1cccc(Nc2cc(Nc3ccc(F)c(Cl)c3)ncn2)c1.O=C(CCl)Nc1cccc(Nc2cc(Nc3ccc(F)c(Cl)c3)ncn2)c1.O=C(Nc1cccc(Nc2cc(Nc3ccc(F)c(Cl)c3)ncn2)c1)C1(C(F)(F)F)CC1.[C-]#[N+]C1(C(=O)Nc2cccc(Nc3cc(Nc4ccc(F)c(Cl)c4)ncn3)c2)CC1. The lowest BCUT2D eigenvalue weighted by molar-refractivity contribution is -0.189. The number of hydrogen-bond donors (Lipinski definition) is 14. The number of hydrogen-bond acceptors (Lipinski definition) is 26. The molecule has 32 nitrogen and oxygen atoms in total. The zero-order chi connectivity index (χ0) is 106. The molecule has 5 aromatic heterocycles. The second kappa shape index (κ2) is 51.6. The van der Waals surface area contributed by atoms with Crippen molar-refractivity contribution in [3.05, 3.63) is 352 Å². The summed E-state index contributed by atoms with van der Waals surface area (Å²) in [6.45, 7) is 9.47. The number of carbonyl (C=O) groups excluding carboxylic acids is 5. The molecule has 1 unspecified atom stereocenters. The first-order chi connectivity index (χ1) is 71.4. The van der Waals surface area contributed by atoms with Crippen LogP contribution in [0.15, 0.2) is 286 Å². The zero-order valence-corrected chi connectivity index (χ0v) is 83.8. The first-order valence-corrected chi connectivity index (χ1v) is 47.3. The van der Waals surface area contributed by atoms with Crippen molar-refractivity contribution in [2.45, 2.75) is 49.7 Å². The van der Waals surface area contributed by atoms with Crippen LogP contribution in [0.25, 0.3) is 4.85 Å². The molecule has 0 spiro atoms. The molecule has 149 heavy (non-hydrogen) atoms. The van der Waals surface area contributed by atoms with Crippen LogP contribution in [0.2, 0.25) is 25.1 Å². The van der Waals surface area contributed by atoms with Crippen LogP contribution in [-0.2, 0) is 24.0 Å². The number of carbonyl (C=O) groups is 5. The summed E-state index contributed by atoms with van der Waals surface area (Å²) in [5, 5.41) is 40.7. The summed E-state index contributed by atoms with van der Waals surface area (Å²) < 4.78 is 106. The first kappa shape index (κ1) is 110. The Morgan fingerprint density at radius 1 is 0.369 bits per heavy atom. The van der Waals surface area contributed by atoms with Gasteiger partial charge >= 0.3 is 17.6 Å². The van der Waals surface area contributed by atoms with E-state index in [4.69, 9.17) is 87.8 Å². The number of nitrogens with zero attached hydrogens (tertiary/aromatic N) is 13. The molecule has 0 saturated heterocycles. The van der Waals surface area contributed by atoms with Gasteiger partial charge in [0.1, 0.15) is 136 Å². The molecule has 0 radical (unpaired) electrons. The number of rotatable bonds is 32. The van der Waals surface area contributed by atoms with Crippen molar-refractivity contribution in [2.75, 3.05) is 113 Å². The van der Waals surface area contributed by atoms with E-state index in [0.717, 1.165) is 22.7 Å². The van der Waals surface area contributed by atoms with E-state index in [9.17, 15) is 59.1 Å². The quantitative estimate of drug-likeness (QED) is 0.00806. The van der Waals surface area contributed by atoms with Gasteiger partial charge in [0.25, 0.3) is 0 Å². The third-order valence-corrected chi connectivity index (χ3v) is 22.9. The van der Waals surface area contributed by atoms with Gasteiger partial charge in [0.05, 0.1) is 25.1 Å². The van der Waals surface area contributed by atoms with Crippen LogP contribution in [0.3, 0.4) is 0 Å². The summed E-state index contributed by atoms with van der Waals surface area (Å²) in [4.78, 5) is 108. The molecule has 2 aliphatic rings. The van der Waals surface area contributed by atoms with Crippen LogP contribution < -0.4 is 79.3 Å². The molecule has 0 bridgehead atoms. The third-order valence-electron chi connectivity index (χ3n) is 21.0. The maximum Gasteiger partial charge on any atom is 0.403 e. The topological polar surface area (TPSA) is 394 Å². The van der Waals surface area contributed by atoms with Gasteiger partial charge in [0.2, 0.25) is 23.6 Å². The second-order valence-corrected chi connectivity index (χ2v) is 35.6. The van der Waals surface area contributed by atoms with Gasteiger partial charge in [0, 0.05) is 148 Å². The normalized spacial score (nSPS) is 12.3. The molecular formula is C102H86Cl7F8N27O5. The molecular weight excluding hydrogens is 2080 g/mol. The number of benzene rings is 10. The van der Waals surface area contributed by atoms with Gasteiger partial charge in [-0.05, 0) is 216 Å². The average molecular weight is 2170 g/mol. The van der Waals surface area contributed by atoms with Gasteiger partial charge in [-0.15, -0.1) is 23.2 Å². The van der Waals surface area contributed by atoms with Crippen LogP contribution in [0, 0.1) is 41.1 Å². The fourth-order valence-corrected chi connectivity index (χ4v) is 14.1. The highest BCUT2D eigenvalue weighted by atomic mass is 35.5. The largest absolute Gasteiger partial charge is 0.403 e. The van der Waals surface area contributed by atoms with E-state index in [-0.39, 0.29) is 73.2 Å². The van der Waals surface area contributed by atoms with Crippen molar-refractivity contribution in [1.29, 1.82) is 0 Å². The smallest absolute Gasteiger partial charge is 0.340 e. The van der Waals surface area contributed by atoms with Crippen LogP contribution >= 0.6 is 81.2 Å². The molecule has 2 saturated carbocycles. The summed E-state index contributed by atoms with van der Waals surface area (Å²) in [7, 11) is 5.61. The van der Waals surface area contributed by atoms with Crippen molar-refractivity contribution < 1.29 is 59.1 Å². The molecule has 10 aromatic carbocycles. The van der Waals surface area contributed by atoms with Crippen LogP contribution in [0.4, 0.5) is 179 Å². The minimum atomic E-state index is -4.58. The summed E-state index contributed by atoms with van der Waals surface area (Å²) in [6.07, 6.45) is 6.42. The van der Waals surface area contributed by atoms with E-state index in [1.807, 2.05) is 67.5 Å². The molecule has 15 aromatic rings. The highest BCUT2D eigenvalue weighted by Gasteiger charge is 2.68. The summed E-state index contributed by atoms with van der Waals surface area (Å²) in [6, 6.07) is 64.7. The van der Waals surface area contributed by atoms with Crippen LogP contribution in [0.1, 0.15) is 32.6 Å². The molecule has 0 aliphatic heterocycles. The lowest BCUT2D eigenvalue weighted by Gasteiger charge is -2.18. The maximum atomic E-state index is 13.4. The Morgan fingerprint density at radius 2 is 0.631 bits per heavy atom. The third kappa shape index (κ3) is 33.1. The monoisotopic (exact) mass is 2170 g/mol. The maximum absolute atomic E-state index is 13.4. The first-order valence-electron chi connectivity index (χ1n) is 44.4. The number of halogens is 15. The summed E-state index contributed by atoms with van der Waals surface area (Å²) in [5.41, 5.74) is 5.86. The van der Waals surface area contributed by atoms with Gasteiger partial charge in [-0.1, -0.05) is 94.4 Å². The van der Waals surface area contributed by atoms with Crippen molar-refractivity contribution in [3.63, 3.8) is 0 Å². The Morgan fingerprint density at radius 3 is 0.886 bits per heavy atom. The highest BCUT2D eigenvalue weighted by molar-refractivity contribution is 6.33. The van der Waals surface area contributed by atoms with Crippen LogP contribution in [0.5, 0.6) is 0 Å². The minimum absolute atomic E-state index is 0.0115. The molecule has 14 N–H and O–H groups in total. The Bertz CT molecular complexity index is 7410. The summed E-state index contributed by atoms with van der Waals surface area (Å²) >= 11 is 40.2. The fourth-order valence-electron chi connectivity index (χ4n) is 13.1. The lowest BCUT2D eigenvalue weighted by atomic mass is 10.1. The zero-order valence-electron chi connectivity index (χ0n) is 78.5. The Balaban J connectivity index is 0.000000156. The van der Waals surface area contributed by atoms with E-state index in [1.54, 1.807) is 146 Å². The molecule has 1 atom stereocenters. The molecule has 5 amide bonds. The Labute approximate surface area is 882 Å². The average Bonchev–Trinajstić information content (AvgIpc) is 1.59. The summed E-state index contributed by atoms with van der Waals surface area (Å²) in [5.74, 6) is 0.249. The lowest BCUT2D eigenvalue weighted by Crippen LogP contribution is -2.36. The predicted octanol–water partition coefficient (Wildman–Crippen LogP) is 26.3. The number of anilines is 25. The number of alkyl halides is 5. The number of nitrogens with one attached hydrogen (secondary N) is 14. The Kier molecular flexibility index (Phi) is 38.0. The predicted molar refractivity (Wildman–Crippen MR) is 570 cm³/mol. The van der Waals surface area contributed by atoms with E-state index in [0.29, 0.717) is 134 Å². The van der Waals surface area contributed by atoms with Gasteiger partial charge in [0.15, 0.2) is 0 Å². The standard InChI is InChI=1S/C23H24ClFN6O.C21H16ClF4N5O.C21H16ClFN6O.C19H16Cl2FN5O.C18H14Cl2FN5O/c1-30(2)11-5-8-23(32)31(3)18-7-4-6-16(12-18)28-21-14-22(27-15-26-21)29-17-9-10-20(25)19(24)13-17;22-15-9-14(4-5-16(15)23)30-18-10-17(27-11-28-18)29-12-2-1-3-13(8-12)31-19(32)20(6-7-20)21(24,25)26;1-24-21(7-8-21)20(30)29-14-4-2-3-13(9-14)27-18-11-19(26-12-25-18)28-15-5-6-17(23)16(22)10-15;1-11(20)19(28)27-13-4-2-3-12(7-13)25-17-9-18(24-10-23-17)26-14-5-6-16(22)15(21)8-14;19-9-18(27)26-12-3-1-2-11(6-12)24-16-8-17(23-10-22-16)25-13-4-5-15(21)14(20)7-13/h4-10,12-15H,11H2,1-3H3,(H2,26,27,28,29);1-5,8-11H,6-7H2,(H,31,32)(H2,27,28,29,30);2-6,9-12H,7-8H2,(H,29,30)(H2,25,26,27,28);2-11H,1H3,(H,27,28)(H2,23,24,25,26);1-8,10H,9H2,(H,26,27)(H2,22,23,24,25)/b8-5+;;;;. The molecule has 47 heteroatoms. The van der Waals surface area contributed by atoms with Gasteiger partial charge in [-0.25, -0.2) is 78.4 Å². The molecule has 17 rings (SSSR count). The minimum Gasteiger partial charge on any atom is -0.340 e. The molecule has 764 valence electrons. The van der Waals surface area contributed by atoms with E-state index in [1.165, 1.54) is 110 Å². The van der Waals surface area contributed by atoms with Crippen molar-refractivity contribution in [1.82, 2.24) is 54.7 Å². The van der Waals surface area contributed by atoms with Crippen molar-refractivity contribution >= 4 is 254 Å². The van der Waals surface area contributed by atoms with Gasteiger partial charge < -0.3 is 84.2 Å². The number of aromatic nitrogens is 10. The highest BCUT2D eigenvalue weighted by Crippen LogP contribution is 2.58. The fraction of sp³-hybridized carbons (Fsp3) is 0.137. The van der Waals surface area contributed by atoms with Crippen molar-refractivity contribution in [3.8, 4) is 0 Å². The van der Waals surface area contributed by atoms with Gasteiger partial charge in [-0.2, -0.15) is 13.2 Å².